The third-order valence-electron chi connectivity index (χ3n) is 7.15. The molecule has 2 aliphatic rings. The van der Waals surface area contributed by atoms with Gasteiger partial charge in [-0.25, -0.2) is 9.97 Å². The molecule has 2 aliphatic heterocycles. The summed E-state index contributed by atoms with van der Waals surface area (Å²) in [5.74, 6) is -0.438. The normalized spacial score (nSPS) is 21.0. The largest absolute Gasteiger partial charge is 0.382 e. The second-order valence-electron chi connectivity index (χ2n) is 9.90. The average Bonchev–Trinajstić information content (AvgIpc) is 3.61. The summed E-state index contributed by atoms with van der Waals surface area (Å²) in [5, 5.41) is 13.1. The van der Waals surface area contributed by atoms with E-state index in [-0.39, 0.29) is 28.9 Å². The zero-order valence-electron chi connectivity index (χ0n) is 20.8. The van der Waals surface area contributed by atoms with Crippen molar-refractivity contribution in [2.75, 3.05) is 25.4 Å². The van der Waals surface area contributed by atoms with Gasteiger partial charge in [-0.1, -0.05) is 42.5 Å². The van der Waals surface area contributed by atoms with Crippen LogP contribution >= 0.6 is 0 Å². The lowest BCUT2D eigenvalue weighted by molar-refractivity contribution is 0.0890. The first kappa shape index (κ1) is 24.9. The third kappa shape index (κ3) is 5.95. The van der Waals surface area contributed by atoms with Crippen molar-refractivity contribution in [3.63, 3.8) is 0 Å². The monoisotopic (exact) mass is 499 g/mol. The highest BCUT2D eigenvalue weighted by atomic mass is 16.2. The Morgan fingerprint density at radius 2 is 1.95 bits per heavy atom. The highest BCUT2D eigenvalue weighted by molar-refractivity contribution is 5.98. The van der Waals surface area contributed by atoms with Crippen molar-refractivity contribution in [1.82, 2.24) is 31.2 Å². The summed E-state index contributed by atoms with van der Waals surface area (Å²) in [4.78, 5) is 35.0. The molecule has 2 saturated heterocycles. The van der Waals surface area contributed by atoms with Crippen LogP contribution in [0, 0.1) is 0 Å². The number of rotatable bonds is 8. The van der Waals surface area contributed by atoms with Gasteiger partial charge in [-0.3, -0.25) is 9.59 Å². The lowest BCUT2D eigenvalue weighted by Crippen LogP contribution is -2.53. The maximum absolute atomic E-state index is 13.4. The third-order valence-corrected chi connectivity index (χ3v) is 7.15. The molecule has 3 heterocycles. The van der Waals surface area contributed by atoms with Crippen LogP contribution in [0.25, 0.3) is 11.3 Å². The number of nitrogens with two attached hydrogens (primary N) is 1. The van der Waals surface area contributed by atoms with E-state index in [1.165, 1.54) is 6.20 Å². The molecule has 192 valence electrons. The number of amides is 2. The molecule has 6 N–H and O–H groups in total. The Balaban J connectivity index is 1.32. The highest BCUT2D eigenvalue weighted by Gasteiger charge is 2.39. The molecule has 0 unspecified atom stereocenters. The molecule has 2 atom stereocenters. The van der Waals surface area contributed by atoms with E-state index >= 15 is 0 Å². The summed E-state index contributed by atoms with van der Waals surface area (Å²) in [6.45, 7) is 3.02. The predicted molar refractivity (Wildman–Crippen MR) is 143 cm³/mol. The summed E-state index contributed by atoms with van der Waals surface area (Å²) in [6, 6.07) is 17.2. The topological polar surface area (TPSA) is 134 Å². The van der Waals surface area contributed by atoms with Crippen molar-refractivity contribution in [3.05, 3.63) is 77.6 Å². The minimum absolute atomic E-state index is 0.0816. The van der Waals surface area contributed by atoms with Crippen LogP contribution < -0.4 is 27.0 Å². The molecule has 9 nitrogen and oxygen atoms in total. The Morgan fingerprint density at radius 1 is 1.08 bits per heavy atom. The highest BCUT2D eigenvalue weighted by Crippen LogP contribution is 2.26. The summed E-state index contributed by atoms with van der Waals surface area (Å²) in [6.07, 6.45) is 5.52. The number of hydrogen-bond acceptors (Lipinski definition) is 7. The number of nitrogen functional groups attached to an aromatic ring is 1. The maximum atomic E-state index is 13.4. The van der Waals surface area contributed by atoms with E-state index in [0.717, 1.165) is 44.3 Å². The number of benzene rings is 2. The van der Waals surface area contributed by atoms with Gasteiger partial charge in [0.1, 0.15) is 0 Å². The lowest BCUT2D eigenvalue weighted by atomic mass is 9.89. The summed E-state index contributed by atoms with van der Waals surface area (Å²) in [7, 11) is 0. The molecule has 3 aromatic rings. The number of nitrogens with one attached hydrogen (secondary N) is 4. The van der Waals surface area contributed by atoms with Crippen molar-refractivity contribution in [3.8, 4) is 11.3 Å². The van der Waals surface area contributed by atoms with Gasteiger partial charge >= 0.3 is 0 Å². The Labute approximate surface area is 216 Å². The van der Waals surface area contributed by atoms with E-state index in [4.69, 9.17) is 5.73 Å². The van der Waals surface area contributed by atoms with Crippen LogP contribution in [0.5, 0.6) is 0 Å². The Morgan fingerprint density at radius 3 is 2.70 bits per heavy atom. The number of hydrogen-bond donors (Lipinski definition) is 5. The fraction of sp³-hybridized carbons (Fsp3) is 0.357. The molecular formula is C28H33N7O2. The summed E-state index contributed by atoms with van der Waals surface area (Å²) >= 11 is 0. The summed E-state index contributed by atoms with van der Waals surface area (Å²) in [5.41, 5.74) is 8.53. The van der Waals surface area contributed by atoms with Crippen LogP contribution in [0.2, 0.25) is 0 Å². The van der Waals surface area contributed by atoms with Crippen molar-refractivity contribution in [1.29, 1.82) is 0 Å². The van der Waals surface area contributed by atoms with Gasteiger partial charge in [-0.2, -0.15) is 0 Å². The molecule has 2 aromatic carbocycles. The van der Waals surface area contributed by atoms with Gasteiger partial charge in [-0.15, -0.1) is 0 Å². The van der Waals surface area contributed by atoms with E-state index in [9.17, 15) is 9.59 Å². The zero-order chi connectivity index (χ0) is 25.7. The SMILES string of the molecule is Nc1ncc(-c2cccc(C(=O)NCc3ccccc3)c2)nc1C(=O)N[C@]1(C[C@H]2CCCN2)CCNC1. The molecule has 2 fully saturated rings. The molecule has 0 aliphatic carbocycles. The van der Waals surface area contributed by atoms with Crippen molar-refractivity contribution < 1.29 is 9.59 Å². The molecule has 0 saturated carbocycles. The van der Waals surface area contributed by atoms with E-state index < -0.39 is 0 Å². The van der Waals surface area contributed by atoms with Crippen molar-refractivity contribution in [2.45, 2.75) is 43.8 Å². The second kappa shape index (κ2) is 11.1. The van der Waals surface area contributed by atoms with E-state index in [1.807, 2.05) is 36.4 Å². The minimum Gasteiger partial charge on any atom is -0.382 e. The van der Waals surface area contributed by atoms with Crippen LogP contribution in [-0.4, -0.2) is 53.0 Å². The van der Waals surface area contributed by atoms with Gasteiger partial charge in [0.2, 0.25) is 0 Å². The number of anilines is 1. The lowest BCUT2D eigenvalue weighted by Gasteiger charge is -2.32. The molecular weight excluding hydrogens is 466 g/mol. The fourth-order valence-corrected chi connectivity index (χ4v) is 5.18. The van der Waals surface area contributed by atoms with E-state index in [0.29, 0.717) is 36.0 Å². The van der Waals surface area contributed by atoms with E-state index in [1.54, 1.807) is 18.2 Å². The number of nitrogens with zero attached hydrogens (tertiary/aromatic N) is 2. The number of aromatic nitrogens is 2. The van der Waals surface area contributed by atoms with Gasteiger partial charge in [0, 0.05) is 30.3 Å². The van der Waals surface area contributed by atoms with Crippen LogP contribution in [0.3, 0.4) is 0 Å². The molecule has 2 amide bonds. The smallest absolute Gasteiger partial charge is 0.274 e. The van der Waals surface area contributed by atoms with Gasteiger partial charge < -0.3 is 27.0 Å². The van der Waals surface area contributed by atoms with Crippen molar-refractivity contribution in [2.24, 2.45) is 0 Å². The van der Waals surface area contributed by atoms with E-state index in [2.05, 4.69) is 31.2 Å². The van der Waals surface area contributed by atoms with Crippen molar-refractivity contribution >= 4 is 17.6 Å². The Kier molecular flexibility index (Phi) is 7.43. The Bertz CT molecular complexity index is 1250. The van der Waals surface area contributed by atoms with Gasteiger partial charge in [-0.05, 0) is 56.5 Å². The van der Waals surface area contributed by atoms with Gasteiger partial charge in [0.25, 0.3) is 11.8 Å². The predicted octanol–water partition coefficient (Wildman–Crippen LogP) is 2.26. The van der Waals surface area contributed by atoms with Crippen LogP contribution in [0.1, 0.15) is 52.1 Å². The molecule has 9 heteroatoms. The van der Waals surface area contributed by atoms with Crippen LogP contribution in [0.4, 0.5) is 5.82 Å². The first-order valence-corrected chi connectivity index (χ1v) is 12.8. The average molecular weight is 500 g/mol. The summed E-state index contributed by atoms with van der Waals surface area (Å²) < 4.78 is 0. The maximum Gasteiger partial charge on any atom is 0.274 e. The quantitative estimate of drug-likeness (QED) is 0.321. The number of carbonyl (C=O) groups is 2. The van der Waals surface area contributed by atoms with Crippen LogP contribution in [-0.2, 0) is 6.54 Å². The van der Waals surface area contributed by atoms with Gasteiger partial charge in [0.15, 0.2) is 11.5 Å². The fourth-order valence-electron chi connectivity index (χ4n) is 5.18. The molecule has 1 aromatic heterocycles. The zero-order valence-corrected chi connectivity index (χ0v) is 20.8. The first-order chi connectivity index (χ1) is 18.0. The molecule has 0 bridgehead atoms. The Hall–Kier alpha value is -3.82. The minimum atomic E-state index is -0.347. The molecule has 37 heavy (non-hydrogen) atoms. The molecule has 0 radical (unpaired) electrons. The first-order valence-electron chi connectivity index (χ1n) is 12.8. The number of carbonyl (C=O) groups excluding carboxylic acids is 2. The molecule has 0 spiro atoms. The molecule has 5 rings (SSSR count). The van der Waals surface area contributed by atoms with Crippen LogP contribution in [0.15, 0.2) is 60.8 Å². The van der Waals surface area contributed by atoms with Gasteiger partial charge in [0.05, 0.1) is 17.4 Å². The second-order valence-corrected chi connectivity index (χ2v) is 9.90. The standard InChI is InChI=1S/C28H33N7O2/c29-25-24(27(37)35-28(11-13-30-18-28)15-22-10-5-12-31-22)34-23(17-32-25)20-8-4-9-21(14-20)26(36)33-16-19-6-2-1-3-7-19/h1-4,6-9,14,17,22,30-31H,5,10-13,15-16,18H2,(H2,29,32)(H,33,36)(H,35,37)/t22-,28+/m1/s1.